The molecule has 1 atom stereocenters. The molecule has 1 aliphatic rings. The molecule has 1 N–H and O–H groups in total. The fraction of sp³-hybridized carbons (Fsp3) is 0.400. The van der Waals surface area contributed by atoms with Crippen LogP contribution in [0.5, 0.6) is 17.2 Å². The summed E-state index contributed by atoms with van der Waals surface area (Å²) in [5, 5.41) is 11.8. The first-order valence-corrected chi connectivity index (χ1v) is 11.6. The van der Waals surface area contributed by atoms with Gasteiger partial charge in [-0.1, -0.05) is 23.7 Å². The van der Waals surface area contributed by atoms with E-state index in [0.29, 0.717) is 61.7 Å². The summed E-state index contributed by atoms with van der Waals surface area (Å²) in [7, 11) is 1.63. The van der Waals surface area contributed by atoms with Crippen LogP contribution in [-0.2, 0) is 17.8 Å². The molecular formula is C25H30ClN3O5. The molecule has 2 aromatic carbocycles. The second-order valence-corrected chi connectivity index (χ2v) is 8.80. The van der Waals surface area contributed by atoms with Crippen LogP contribution < -0.4 is 14.2 Å². The van der Waals surface area contributed by atoms with E-state index in [1.54, 1.807) is 31.8 Å². The summed E-state index contributed by atoms with van der Waals surface area (Å²) in [5.74, 6) is 1.98. The first kappa shape index (κ1) is 24.3. The van der Waals surface area contributed by atoms with Gasteiger partial charge in [-0.2, -0.15) is 0 Å². The van der Waals surface area contributed by atoms with Crippen molar-refractivity contribution < 1.29 is 24.1 Å². The van der Waals surface area contributed by atoms with Crippen molar-refractivity contribution in [2.75, 3.05) is 46.6 Å². The van der Waals surface area contributed by atoms with Gasteiger partial charge < -0.3 is 28.6 Å². The molecule has 0 radical (unpaired) electrons. The maximum atomic E-state index is 11.2. The maximum absolute atomic E-state index is 11.2. The zero-order chi connectivity index (χ0) is 23.8. The lowest BCUT2D eigenvalue weighted by Gasteiger charge is -2.30. The number of rotatable bonds is 10. The number of benzene rings is 2. The summed E-state index contributed by atoms with van der Waals surface area (Å²) < 4.78 is 24.9. The minimum absolute atomic E-state index is 0.106. The average Bonchev–Trinajstić information content (AvgIpc) is 3.27. The molecule has 0 spiro atoms. The number of nitrogens with zero attached hydrogens (tertiary/aromatic N) is 3. The van der Waals surface area contributed by atoms with Crippen LogP contribution in [0.4, 0.5) is 0 Å². The molecule has 1 aliphatic heterocycles. The quantitative estimate of drug-likeness (QED) is 0.470. The molecule has 0 aliphatic carbocycles. The van der Waals surface area contributed by atoms with Crippen LogP contribution >= 0.6 is 11.6 Å². The summed E-state index contributed by atoms with van der Waals surface area (Å²) >= 11 is 6.03. The van der Waals surface area contributed by atoms with E-state index in [0.717, 1.165) is 5.56 Å². The Morgan fingerprint density at radius 1 is 1.18 bits per heavy atom. The largest absolute Gasteiger partial charge is 0.493 e. The summed E-state index contributed by atoms with van der Waals surface area (Å²) in [6.45, 7) is 3.77. The number of aromatic nitrogens is 2. The number of ether oxygens (including phenoxy) is 4. The highest BCUT2D eigenvalue weighted by atomic mass is 35.5. The van der Waals surface area contributed by atoms with Gasteiger partial charge in [-0.15, -0.1) is 0 Å². The molecule has 1 aromatic heterocycles. The Morgan fingerprint density at radius 3 is 2.88 bits per heavy atom. The van der Waals surface area contributed by atoms with E-state index in [1.807, 2.05) is 41.1 Å². The molecule has 34 heavy (non-hydrogen) atoms. The van der Waals surface area contributed by atoms with E-state index < -0.39 is 5.60 Å². The fourth-order valence-electron chi connectivity index (χ4n) is 3.86. The van der Waals surface area contributed by atoms with Crippen molar-refractivity contribution in [2.45, 2.75) is 18.7 Å². The van der Waals surface area contributed by atoms with Crippen LogP contribution in [0, 0.1) is 0 Å². The molecular weight excluding hydrogens is 458 g/mol. The second-order valence-electron chi connectivity index (χ2n) is 8.37. The van der Waals surface area contributed by atoms with E-state index in [1.165, 1.54) is 0 Å². The van der Waals surface area contributed by atoms with Crippen LogP contribution in [0.2, 0.25) is 5.02 Å². The number of methoxy groups -OCH3 is 1. The van der Waals surface area contributed by atoms with Crippen molar-refractivity contribution in [3.8, 4) is 17.2 Å². The minimum atomic E-state index is -1.14. The lowest BCUT2D eigenvalue weighted by Crippen LogP contribution is -2.48. The van der Waals surface area contributed by atoms with Gasteiger partial charge in [0.15, 0.2) is 11.5 Å². The van der Waals surface area contributed by atoms with Crippen molar-refractivity contribution in [3.05, 3.63) is 71.8 Å². The number of halogens is 1. The molecule has 0 bridgehead atoms. The Kier molecular flexibility index (Phi) is 8.29. The highest BCUT2D eigenvalue weighted by Crippen LogP contribution is 2.29. The molecule has 2 heterocycles. The SMILES string of the molecule is COc1ccc(CN2CCOCC(O)(COc3cccc(Cl)c3)C2)cc1OCCn1ccnc1. The van der Waals surface area contributed by atoms with Crippen LogP contribution in [-0.4, -0.2) is 71.8 Å². The molecule has 1 unspecified atom stereocenters. The lowest BCUT2D eigenvalue weighted by atomic mass is 10.1. The first-order chi connectivity index (χ1) is 16.5. The summed E-state index contributed by atoms with van der Waals surface area (Å²) in [4.78, 5) is 6.20. The van der Waals surface area contributed by atoms with Crippen LogP contribution in [0.1, 0.15) is 5.56 Å². The third-order valence-electron chi connectivity index (χ3n) is 5.54. The van der Waals surface area contributed by atoms with E-state index in [9.17, 15) is 5.11 Å². The van der Waals surface area contributed by atoms with Gasteiger partial charge in [0.05, 0.1) is 33.2 Å². The molecule has 1 fully saturated rings. The predicted octanol–water partition coefficient (Wildman–Crippen LogP) is 3.27. The Morgan fingerprint density at radius 2 is 2.09 bits per heavy atom. The zero-order valence-electron chi connectivity index (χ0n) is 19.2. The van der Waals surface area contributed by atoms with E-state index in [2.05, 4.69) is 9.88 Å². The van der Waals surface area contributed by atoms with Crippen LogP contribution in [0.25, 0.3) is 0 Å². The van der Waals surface area contributed by atoms with Crippen molar-refractivity contribution in [3.63, 3.8) is 0 Å². The second kappa shape index (κ2) is 11.6. The zero-order valence-corrected chi connectivity index (χ0v) is 20.0. The molecule has 8 nitrogen and oxygen atoms in total. The van der Waals surface area contributed by atoms with Gasteiger partial charge in [-0.25, -0.2) is 4.98 Å². The molecule has 1 saturated heterocycles. The Bertz CT molecular complexity index is 1050. The lowest BCUT2D eigenvalue weighted by molar-refractivity contribution is -0.0646. The van der Waals surface area contributed by atoms with Crippen LogP contribution in [0.15, 0.2) is 61.2 Å². The number of aliphatic hydroxyl groups is 1. The van der Waals surface area contributed by atoms with E-state index in [4.69, 9.17) is 30.5 Å². The Labute approximate surface area is 204 Å². The van der Waals surface area contributed by atoms with Crippen molar-refractivity contribution in [1.82, 2.24) is 14.5 Å². The molecule has 0 amide bonds. The van der Waals surface area contributed by atoms with Crippen LogP contribution in [0.3, 0.4) is 0 Å². The highest BCUT2D eigenvalue weighted by molar-refractivity contribution is 6.30. The summed E-state index contributed by atoms with van der Waals surface area (Å²) in [6.07, 6.45) is 5.40. The number of hydrogen-bond donors (Lipinski definition) is 1. The van der Waals surface area contributed by atoms with Crippen molar-refractivity contribution in [1.29, 1.82) is 0 Å². The van der Waals surface area contributed by atoms with Gasteiger partial charge in [-0.05, 0) is 35.9 Å². The molecule has 9 heteroatoms. The first-order valence-electron chi connectivity index (χ1n) is 11.2. The maximum Gasteiger partial charge on any atom is 0.161 e. The molecule has 182 valence electrons. The number of imidazole rings is 1. The molecule has 4 rings (SSSR count). The fourth-order valence-corrected chi connectivity index (χ4v) is 4.04. The topological polar surface area (TPSA) is 78.2 Å². The van der Waals surface area contributed by atoms with E-state index >= 15 is 0 Å². The number of β-amino-alcohol motifs (C(OH)–C–C–N with tert-alkyl or cyclic N) is 1. The van der Waals surface area contributed by atoms with Crippen molar-refractivity contribution >= 4 is 11.6 Å². The summed E-state index contributed by atoms with van der Waals surface area (Å²) in [6, 6.07) is 13.0. The standard InChI is InChI=1S/C25H30ClN3O5/c1-31-23-6-5-20(13-24(23)33-12-10-28-8-7-27-19-28)15-29-9-11-32-17-25(30,16-29)18-34-22-4-2-3-21(26)14-22/h2-8,13-14,19,30H,9-12,15-18H2,1H3. The molecule has 0 saturated carbocycles. The normalized spacial score (nSPS) is 18.9. The van der Waals surface area contributed by atoms with E-state index in [-0.39, 0.29) is 13.2 Å². The van der Waals surface area contributed by atoms with Gasteiger partial charge in [0.2, 0.25) is 0 Å². The Balaban J connectivity index is 1.38. The summed E-state index contributed by atoms with van der Waals surface area (Å²) in [5.41, 5.74) is -0.0893. The highest BCUT2D eigenvalue weighted by Gasteiger charge is 2.33. The monoisotopic (exact) mass is 487 g/mol. The van der Waals surface area contributed by atoms with Crippen molar-refractivity contribution in [2.24, 2.45) is 0 Å². The minimum Gasteiger partial charge on any atom is -0.493 e. The third kappa shape index (κ3) is 6.87. The Hall–Kier alpha value is -2.78. The number of hydrogen-bond acceptors (Lipinski definition) is 7. The predicted molar refractivity (Wildman–Crippen MR) is 129 cm³/mol. The van der Waals surface area contributed by atoms with Gasteiger partial charge in [0.1, 0.15) is 24.6 Å². The molecule has 3 aromatic rings. The smallest absolute Gasteiger partial charge is 0.161 e. The van der Waals surface area contributed by atoms with Gasteiger partial charge in [0.25, 0.3) is 0 Å². The average molecular weight is 488 g/mol. The van der Waals surface area contributed by atoms with Gasteiger partial charge in [-0.3, -0.25) is 4.90 Å². The van der Waals surface area contributed by atoms with Gasteiger partial charge in [0, 0.05) is 37.1 Å². The van der Waals surface area contributed by atoms with Gasteiger partial charge >= 0.3 is 0 Å². The third-order valence-corrected chi connectivity index (χ3v) is 5.78.